The summed E-state index contributed by atoms with van der Waals surface area (Å²) in [7, 11) is -3.33. The van der Waals surface area contributed by atoms with Gasteiger partial charge in [-0.3, -0.25) is 14.3 Å². The number of anilines is 1. The molecule has 0 fully saturated rings. The van der Waals surface area contributed by atoms with E-state index in [-0.39, 0.29) is 31.0 Å². The third-order valence-corrected chi connectivity index (χ3v) is 3.34. The summed E-state index contributed by atoms with van der Waals surface area (Å²) < 4.78 is 35.3. The van der Waals surface area contributed by atoms with E-state index in [1.165, 1.54) is 36.5 Å². The van der Waals surface area contributed by atoms with Crippen molar-refractivity contribution in [1.29, 1.82) is 0 Å². The van der Waals surface area contributed by atoms with Crippen molar-refractivity contribution in [2.45, 2.75) is 0 Å². The lowest BCUT2D eigenvalue weighted by molar-refractivity contribution is -0.384. The maximum Gasteiger partial charge on any atom is 1.00 e. The Kier molecular flexibility index (Phi) is 5.68. The van der Waals surface area contributed by atoms with Crippen molar-refractivity contribution in [3.05, 3.63) is 34.6 Å². The number of nitro groups is 1. The third-order valence-electron chi connectivity index (χ3n) is 2.88. The molecule has 1 aromatic heterocycles. The van der Waals surface area contributed by atoms with Gasteiger partial charge in [-0.05, 0) is 12.1 Å². The van der Waals surface area contributed by atoms with Gasteiger partial charge in [-0.25, -0.2) is 13.5 Å². The number of aromatic amines is 1. The van der Waals surface area contributed by atoms with Crippen LogP contribution in [0.15, 0.2) is 34.8 Å². The summed E-state index contributed by atoms with van der Waals surface area (Å²) >= 11 is 0. The molecule has 0 aliphatic carbocycles. The second-order valence-corrected chi connectivity index (χ2v) is 5.64. The molecular formula is C11H13N7O6S. The van der Waals surface area contributed by atoms with E-state index in [2.05, 4.69) is 29.6 Å². The summed E-state index contributed by atoms with van der Waals surface area (Å²) in [6, 6.07) is 4.08. The number of hydrogen-bond acceptors (Lipinski definition) is 11. The lowest BCUT2D eigenvalue weighted by Gasteiger charge is -2.19. The molecule has 0 amide bonds. The summed E-state index contributed by atoms with van der Waals surface area (Å²) in [4.78, 5) is 15.7. The van der Waals surface area contributed by atoms with E-state index in [0.717, 1.165) is 0 Å². The first-order chi connectivity index (χ1) is 11.8. The molecule has 1 N–H and O–H groups in total. The molecule has 13 nitrogen and oxygen atoms in total. The Bertz CT molecular complexity index is 873. The van der Waals surface area contributed by atoms with Crippen LogP contribution in [-0.4, -0.2) is 53.3 Å². The first-order valence-corrected chi connectivity index (χ1v) is 7.96. The molecule has 2 aromatic rings. The summed E-state index contributed by atoms with van der Waals surface area (Å²) in [5.74, 6) is 0.139. The van der Waals surface area contributed by atoms with Gasteiger partial charge in [0.05, 0.1) is 17.2 Å². The van der Waals surface area contributed by atoms with Crippen molar-refractivity contribution >= 4 is 33.4 Å². The zero-order chi connectivity index (χ0) is 18.4. The van der Waals surface area contributed by atoms with Gasteiger partial charge in [-0.15, -0.1) is 10.2 Å². The van der Waals surface area contributed by atoms with E-state index >= 15 is 0 Å². The van der Waals surface area contributed by atoms with Gasteiger partial charge in [0.15, 0.2) is 0 Å². The third kappa shape index (κ3) is 5.55. The monoisotopic (exact) mass is 371 g/mol. The number of nitrogens with zero attached hydrogens (tertiary/aromatic N) is 6. The fourth-order valence-corrected chi connectivity index (χ4v) is 2.07. The van der Waals surface area contributed by atoms with Crippen molar-refractivity contribution < 1.29 is 23.5 Å². The molecule has 0 saturated carbocycles. The number of nitrogens with one attached hydrogen (secondary N) is 1. The molecule has 0 aliphatic rings. The van der Waals surface area contributed by atoms with Crippen LogP contribution in [0.1, 0.15) is 1.43 Å². The van der Waals surface area contributed by atoms with Crippen molar-refractivity contribution in [3.63, 3.8) is 0 Å². The molecule has 0 saturated heterocycles. The van der Waals surface area contributed by atoms with Gasteiger partial charge in [-0.1, -0.05) is 0 Å². The van der Waals surface area contributed by atoms with Crippen LogP contribution in [-0.2, 0) is 14.6 Å². The number of hydrogen-bond donors (Lipinski definition) is 1. The first kappa shape index (κ1) is 18.4. The standard InChI is InChI=1S/C11H13N7O6S/c1-17(4-5-24-25(21,22)23)9-3-2-8(6-10(9)18(19)20)14-16-11-12-7-13-15-11/h2-3,6-7H,4-5H2,1H3,(H,12,13,15)(H,21,22,23). The zero-order valence-electron chi connectivity index (χ0n) is 13.8. The predicted molar refractivity (Wildman–Crippen MR) is 83.7 cm³/mol. The van der Waals surface area contributed by atoms with Crippen LogP contribution < -0.4 is 4.90 Å². The number of nitro benzene ring substituents is 1. The minimum atomic E-state index is -4.82. The van der Waals surface area contributed by atoms with Crippen LogP contribution in [0.2, 0.25) is 0 Å². The Balaban J connectivity index is 0.00000338. The van der Waals surface area contributed by atoms with Crippen LogP contribution in [0.25, 0.3) is 0 Å². The van der Waals surface area contributed by atoms with Gasteiger partial charge in [0.2, 0.25) is 10.4 Å². The Morgan fingerprint density at radius 3 is 2.80 bits per heavy atom. The van der Waals surface area contributed by atoms with E-state index in [1.807, 2.05) is 0 Å². The first-order valence-electron chi connectivity index (χ1n) is 6.63. The molecule has 0 spiro atoms. The number of azo groups is 1. The van der Waals surface area contributed by atoms with Gasteiger partial charge in [-0.2, -0.15) is 10.1 Å². The van der Waals surface area contributed by atoms with Crippen molar-refractivity contribution in [1.82, 2.24) is 15.2 Å². The highest BCUT2D eigenvalue weighted by atomic mass is 32.3. The maximum absolute atomic E-state index is 11.2. The van der Waals surface area contributed by atoms with E-state index in [1.54, 1.807) is 0 Å². The van der Waals surface area contributed by atoms with Gasteiger partial charge in [0.1, 0.15) is 12.0 Å². The Labute approximate surface area is 142 Å². The average Bonchev–Trinajstić information content (AvgIpc) is 3.04. The highest BCUT2D eigenvalue weighted by Gasteiger charge is 2.18. The lowest BCUT2D eigenvalue weighted by Crippen LogP contribution is -2.24. The second kappa shape index (κ2) is 7.73. The molecule has 0 radical (unpaired) electrons. The fraction of sp³-hybridized carbons (Fsp3) is 0.273. The van der Waals surface area contributed by atoms with Crippen LogP contribution in [0.4, 0.5) is 23.0 Å². The molecule has 1 aromatic carbocycles. The summed E-state index contributed by atoms with van der Waals surface area (Å²) in [5.41, 5.74) is 0.121. The molecule has 1 heterocycles. The molecule has 2 rings (SSSR count). The minimum absolute atomic E-state index is 0. The van der Waals surface area contributed by atoms with E-state index in [0.29, 0.717) is 0 Å². The van der Waals surface area contributed by atoms with Crippen LogP contribution in [0, 0.1) is 10.1 Å². The van der Waals surface area contributed by atoms with Crippen molar-refractivity contribution in [2.75, 3.05) is 25.1 Å². The van der Waals surface area contributed by atoms with Gasteiger partial charge in [0, 0.05) is 19.7 Å². The van der Waals surface area contributed by atoms with Gasteiger partial charge < -0.3 is 9.45 Å². The minimum Gasteiger partial charge on any atom is -0.726 e. The maximum atomic E-state index is 11.2. The average molecular weight is 371 g/mol. The van der Waals surface area contributed by atoms with E-state index < -0.39 is 21.9 Å². The summed E-state index contributed by atoms with van der Waals surface area (Å²) in [5, 5.41) is 24.8. The highest BCUT2D eigenvalue weighted by Crippen LogP contribution is 2.32. The van der Waals surface area contributed by atoms with Gasteiger partial charge in [0.25, 0.3) is 11.6 Å². The Morgan fingerprint density at radius 2 is 2.20 bits per heavy atom. The normalized spacial score (nSPS) is 11.8. The molecule has 0 bridgehead atoms. The smallest absolute Gasteiger partial charge is 0.726 e. The van der Waals surface area contributed by atoms with Crippen LogP contribution in [0.3, 0.4) is 0 Å². The Hall–Kier alpha value is -2.97. The zero-order valence-corrected chi connectivity index (χ0v) is 13.6. The number of H-pyrrole nitrogens is 1. The number of rotatable bonds is 8. The molecule has 0 atom stereocenters. The topological polar surface area (TPSA) is 179 Å². The van der Waals surface area contributed by atoms with Crippen LogP contribution >= 0.6 is 0 Å². The lowest BCUT2D eigenvalue weighted by atomic mass is 10.2. The van der Waals surface area contributed by atoms with Gasteiger partial charge >= 0.3 is 1.43 Å². The quantitative estimate of drug-likeness (QED) is 0.234. The van der Waals surface area contributed by atoms with E-state index in [4.69, 9.17) is 0 Å². The van der Waals surface area contributed by atoms with Crippen molar-refractivity contribution in [3.8, 4) is 0 Å². The SMILES string of the molecule is CN(CCOS(=O)(=O)[O-])c1ccc(N=Nc2ncn[nH]2)cc1[N+](=O)[O-].[H+]. The molecule has 0 aliphatic heterocycles. The largest absolute Gasteiger partial charge is 1.00 e. The van der Waals surface area contributed by atoms with E-state index in [9.17, 15) is 23.1 Å². The van der Waals surface area contributed by atoms with Crippen molar-refractivity contribution in [2.24, 2.45) is 10.2 Å². The number of benzene rings is 1. The second-order valence-electron chi connectivity index (χ2n) is 4.59. The molecule has 25 heavy (non-hydrogen) atoms. The molecule has 134 valence electrons. The summed E-state index contributed by atoms with van der Waals surface area (Å²) in [6.07, 6.45) is 1.24. The highest BCUT2D eigenvalue weighted by molar-refractivity contribution is 7.80. The number of likely N-dealkylation sites (N-methyl/N-ethyl adjacent to an activating group) is 1. The van der Waals surface area contributed by atoms with Crippen LogP contribution in [0.5, 0.6) is 0 Å². The number of aromatic nitrogens is 3. The Morgan fingerprint density at radius 1 is 1.44 bits per heavy atom. The predicted octanol–water partition coefficient (Wildman–Crippen LogP) is 1.15. The molecule has 14 heteroatoms. The fourth-order valence-electron chi connectivity index (χ4n) is 1.79. The summed E-state index contributed by atoms with van der Waals surface area (Å²) in [6.45, 7) is -0.492. The molecular weight excluding hydrogens is 358 g/mol. The molecule has 0 unspecified atom stereocenters.